The molecule has 0 aliphatic carbocycles. The van der Waals surface area contributed by atoms with Gasteiger partial charge in [0.05, 0.1) is 5.75 Å². The first-order valence-corrected chi connectivity index (χ1v) is 4.98. The van der Waals surface area contributed by atoms with Crippen LogP contribution in [0.1, 0.15) is 6.92 Å². The molecular formula is C6H13NO4S. The van der Waals surface area contributed by atoms with Crippen molar-refractivity contribution in [3.05, 3.63) is 12.7 Å². The average molecular weight is 195 g/mol. The second-order valence-electron chi connectivity index (χ2n) is 2.50. The monoisotopic (exact) mass is 195 g/mol. The van der Waals surface area contributed by atoms with Gasteiger partial charge in [-0.25, -0.2) is 0 Å². The summed E-state index contributed by atoms with van der Waals surface area (Å²) in [5.41, 5.74) is 0. The lowest BCUT2D eigenvalue weighted by atomic mass is 10.4. The summed E-state index contributed by atoms with van der Waals surface area (Å²) in [6, 6.07) is -0.520. The van der Waals surface area contributed by atoms with Crippen LogP contribution in [0.15, 0.2) is 12.7 Å². The fraction of sp³-hybridized carbons (Fsp3) is 0.667. The van der Waals surface area contributed by atoms with Crippen LogP contribution in [0.25, 0.3) is 0 Å². The Morgan fingerprint density at radius 2 is 2.17 bits per heavy atom. The highest BCUT2D eigenvalue weighted by Crippen LogP contribution is 1.91. The summed E-state index contributed by atoms with van der Waals surface area (Å²) >= 11 is 0. The molecule has 3 N–H and O–H groups in total. The van der Waals surface area contributed by atoms with Crippen molar-refractivity contribution in [3.8, 4) is 0 Å². The standard InChI is InChI=1S/C6H13NO4S/c1-3-6(8)7-5(2)4-12(9,10)11/h3,5-8H,1,4H2,2H3,(H,9,10,11). The lowest BCUT2D eigenvalue weighted by molar-refractivity contribution is 0.174. The van der Waals surface area contributed by atoms with E-state index in [2.05, 4.69) is 11.9 Å². The average Bonchev–Trinajstić information content (AvgIpc) is 1.82. The van der Waals surface area contributed by atoms with Gasteiger partial charge in [-0.15, -0.1) is 0 Å². The van der Waals surface area contributed by atoms with Crippen molar-refractivity contribution in [1.29, 1.82) is 0 Å². The van der Waals surface area contributed by atoms with E-state index in [-0.39, 0.29) is 0 Å². The van der Waals surface area contributed by atoms with Crippen LogP contribution in [0.5, 0.6) is 0 Å². The van der Waals surface area contributed by atoms with Crippen LogP contribution in [-0.2, 0) is 10.1 Å². The topological polar surface area (TPSA) is 86.6 Å². The van der Waals surface area contributed by atoms with Crippen molar-refractivity contribution in [3.63, 3.8) is 0 Å². The van der Waals surface area contributed by atoms with E-state index < -0.39 is 28.1 Å². The van der Waals surface area contributed by atoms with Crippen LogP contribution in [0.4, 0.5) is 0 Å². The molecule has 0 aromatic rings. The van der Waals surface area contributed by atoms with Crippen LogP contribution in [0.3, 0.4) is 0 Å². The molecule has 2 atom stereocenters. The Kier molecular flexibility index (Phi) is 4.40. The van der Waals surface area contributed by atoms with Crippen LogP contribution in [0.2, 0.25) is 0 Å². The molecule has 0 amide bonds. The first-order chi connectivity index (χ1) is 5.35. The Labute approximate surface area is 71.8 Å². The summed E-state index contributed by atoms with van der Waals surface area (Å²) in [4.78, 5) is 0. The van der Waals surface area contributed by atoms with Gasteiger partial charge < -0.3 is 5.11 Å². The predicted molar refractivity (Wildman–Crippen MR) is 45.2 cm³/mol. The van der Waals surface area contributed by atoms with E-state index in [0.717, 1.165) is 0 Å². The van der Waals surface area contributed by atoms with Crippen LogP contribution < -0.4 is 5.32 Å². The van der Waals surface area contributed by atoms with Gasteiger partial charge in [-0.1, -0.05) is 6.58 Å². The van der Waals surface area contributed by atoms with Crippen molar-refractivity contribution >= 4 is 10.1 Å². The molecule has 0 heterocycles. The Balaban J connectivity index is 3.90. The molecular weight excluding hydrogens is 182 g/mol. The van der Waals surface area contributed by atoms with Crippen molar-refractivity contribution in [1.82, 2.24) is 5.32 Å². The van der Waals surface area contributed by atoms with Gasteiger partial charge in [-0.3, -0.25) is 9.87 Å². The molecule has 0 aromatic heterocycles. The molecule has 0 fully saturated rings. The molecule has 12 heavy (non-hydrogen) atoms. The third-order valence-corrected chi connectivity index (χ3v) is 2.06. The zero-order chi connectivity index (χ0) is 9.78. The molecule has 6 heteroatoms. The van der Waals surface area contributed by atoms with Gasteiger partial charge >= 0.3 is 0 Å². The third kappa shape index (κ3) is 6.29. The maximum absolute atomic E-state index is 10.3. The van der Waals surface area contributed by atoms with Gasteiger partial charge in [-0.2, -0.15) is 8.42 Å². The normalized spacial score (nSPS) is 16.9. The molecule has 0 saturated carbocycles. The van der Waals surface area contributed by atoms with E-state index in [1.54, 1.807) is 0 Å². The Bertz CT molecular complexity index is 236. The number of hydrogen-bond donors (Lipinski definition) is 3. The van der Waals surface area contributed by atoms with Crippen molar-refractivity contribution in [2.75, 3.05) is 5.75 Å². The molecule has 0 radical (unpaired) electrons. The molecule has 0 spiro atoms. The Hall–Kier alpha value is -0.430. The molecule has 2 unspecified atom stereocenters. The van der Waals surface area contributed by atoms with Crippen molar-refractivity contribution in [2.24, 2.45) is 0 Å². The number of aliphatic hydroxyl groups is 1. The summed E-state index contributed by atoms with van der Waals surface area (Å²) < 4.78 is 29.0. The second-order valence-corrected chi connectivity index (χ2v) is 3.99. The van der Waals surface area contributed by atoms with Gasteiger partial charge in [0.1, 0.15) is 6.23 Å². The lowest BCUT2D eigenvalue weighted by Crippen LogP contribution is -2.39. The molecule has 0 aliphatic heterocycles. The van der Waals surface area contributed by atoms with Gasteiger partial charge in [0.15, 0.2) is 0 Å². The van der Waals surface area contributed by atoms with Crippen LogP contribution in [0, 0.1) is 0 Å². The fourth-order valence-electron chi connectivity index (χ4n) is 0.724. The maximum Gasteiger partial charge on any atom is 0.266 e. The Morgan fingerprint density at radius 1 is 1.67 bits per heavy atom. The zero-order valence-corrected chi connectivity index (χ0v) is 7.58. The largest absolute Gasteiger partial charge is 0.375 e. The highest BCUT2D eigenvalue weighted by atomic mass is 32.2. The quantitative estimate of drug-likeness (QED) is 0.308. The van der Waals surface area contributed by atoms with E-state index in [0.29, 0.717) is 0 Å². The van der Waals surface area contributed by atoms with E-state index in [1.165, 1.54) is 13.0 Å². The van der Waals surface area contributed by atoms with E-state index >= 15 is 0 Å². The first kappa shape index (κ1) is 11.6. The highest BCUT2D eigenvalue weighted by molar-refractivity contribution is 7.85. The third-order valence-electron chi connectivity index (χ3n) is 1.14. The fourth-order valence-corrected chi connectivity index (χ4v) is 1.45. The summed E-state index contributed by atoms with van der Waals surface area (Å²) in [6.07, 6.45) is 0.266. The number of nitrogens with one attached hydrogen (secondary N) is 1. The summed E-state index contributed by atoms with van der Waals surface area (Å²) in [5, 5.41) is 11.4. The maximum atomic E-state index is 10.3. The summed E-state index contributed by atoms with van der Waals surface area (Å²) in [6.45, 7) is 4.81. The van der Waals surface area contributed by atoms with Gasteiger partial charge in [0.25, 0.3) is 10.1 Å². The van der Waals surface area contributed by atoms with E-state index in [4.69, 9.17) is 9.66 Å². The summed E-state index contributed by atoms with van der Waals surface area (Å²) in [7, 11) is -3.99. The minimum atomic E-state index is -3.99. The number of rotatable bonds is 5. The smallest absolute Gasteiger partial charge is 0.266 e. The van der Waals surface area contributed by atoms with Crippen molar-refractivity contribution < 1.29 is 18.1 Å². The minimum Gasteiger partial charge on any atom is -0.375 e. The summed E-state index contributed by atoms with van der Waals surface area (Å²) in [5.74, 6) is -0.433. The number of aliphatic hydroxyl groups excluding tert-OH is 1. The molecule has 5 nitrogen and oxygen atoms in total. The molecule has 0 rings (SSSR count). The SMILES string of the molecule is C=CC(O)NC(C)CS(=O)(=O)O. The van der Waals surface area contributed by atoms with Crippen molar-refractivity contribution in [2.45, 2.75) is 19.2 Å². The van der Waals surface area contributed by atoms with Gasteiger partial charge in [-0.05, 0) is 13.0 Å². The minimum absolute atomic E-state index is 0.433. The second kappa shape index (κ2) is 4.56. The van der Waals surface area contributed by atoms with Gasteiger partial charge in [0, 0.05) is 6.04 Å². The van der Waals surface area contributed by atoms with E-state index in [9.17, 15) is 8.42 Å². The molecule has 0 aromatic carbocycles. The van der Waals surface area contributed by atoms with E-state index in [1.807, 2.05) is 0 Å². The highest BCUT2D eigenvalue weighted by Gasteiger charge is 2.13. The predicted octanol–water partition coefficient (Wildman–Crippen LogP) is -0.643. The zero-order valence-electron chi connectivity index (χ0n) is 6.77. The van der Waals surface area contributed by atoms with Gasteiger partial charge in [0.2, 0.25) is 0 Å². The first-order valence-electron chi connectivity index (χ1n) is 3.37. The molecule has 0 saturated heterocycles. The molecule has 0 aliphatic rings. The molecule has 0 bridgehead atoms. The molecule has 72 valence electrons. The van der Waals surface area contributed by atoms with Crippen LogP contribution >= 0.6 is 0 Å². The Morgan fingerprint density at radius 3 is 2.50 bits per heavy atom. The van der Waals surface area contributed by atoms with Crippen LogP contribution in [-0.4, -0.2) is 36.1 Å². The number of hydrogen-bond acceptors (Lipinski definition) is 4. The lowest BCUT2D eigenvalue weighted by Gasteiger charge is -2.14.